The summed E-state index contributed by atoms with van der Waals surface area (Å²) in [6.07, 6.45) is 16.4. The molecule has 15 rings (SSSR count). The number of thiazole rings is 1. The molecule has 0 unspecified atom stereocenters. The molecule has 14 heteroatoms. The first-order valence-corrected chi connectivity index (χ1v) is 35.8. The molecule has 0 radical (unpaired) electrons. The van der Waals surface area contributed by atoms with Crippen LogP contribution in [-0.4, -0.2) is 70.1 Å². The lowest BCUT2D eigenvalue weighted by atomic mass is 10.2. The Balaban J connectivity index is -0.000000479. The second kappa shape index (κ2) is 71.9. The summed E-state index contributed by atoms with van der Waals surface area (Å²) < 4.78 is 20.0. The average Bonchev–Trinajstić information content (AvgIpc) is 1.83. The number of pyridine rings is 1. The van der Waals surface area contributed by atoms with Gasteiger partial charge in [0, 0.05) is 121 Å². The van der Waals surface area contributed by atoms with E-state index in [4.69, 9.17) is 9.47 Å². The number of thiophene rings is 2. The highest BCUT2D eigenvalue weighted by Gasteiger charge is 2.09. The fourth-order valence-corrected chi connectivity index (χ4v) is 8.67. The lowest BCUT2D eigenvalue weighted by molar-refractivity contribution is 0.174. The highest BCUT2D eigenvalue weighted by atomic mass is 32.1. The number of aromatic nitrogens is 7. The van der Waals surface area contributed by atoms with Crippen molar-refractivity contribution in [2.45, 2.75) is 125 Å². The monoisotopic (exact) mass is 1360 g/mol. The molecular formula is C82H117N7O4S3. The van der Waals surface area contributed by atoms with Crippen LogP contribution in [0.2, 0.25) is 0 Å². The molecule has 1 aliphatic rings. The first kappa shape index (κ1) is 93.5. The number of nitrogens with one attached hydrogen (secondary N) is 4. The van der Waals surface area contributed by atoms with Crippen molar-refractivity contribution in [1.29, 1.82) is 0 Å². The molecule has 8 aromatic heterocycles. The Kier molecular flexibility index (Phi) is 70.1. The number of rotatable bonds is 0. The number of hydrogen-bond acceptors (Lipinski definition) is 10. The molecular weight excluding hydrogens is 1240 g/mol. The van der Waals surface area contributed by atoms with Gasteiger partial charge in [-0.15, -0.1) is 22.7 Å². The molecule has 14 aromatic rings. The number of aromatic amines is 4. The Morgan fingerprint density at radius 3 is 0.979 bits per heavy atom. The van der Waals surface area contributed by atoms with Crippen LogP contribution in [0.1, 0.15) is 119 Å². The highest BCUT2D eigenvalue weighted by Crippen LogP contribution is 2.30. The molecule has 6 aromatic carbocycles. The number of benzene rings is 6. The van der Waals surface area contributed by atoms with Crippen LogP contribution in [0.3, 0.4) is 0 Å². The van der Waals surface area contributed by atoms with E-state index >= 15 is 0 Å². The summed E-state index contributed by atoms with van der Waals surface area (Å²) in [5.41, 5.74) is 10.8. The fourth-order valence-electron chi connectivity index (χ4n) is 6.92. The second-order valence-electron chi connectivity index (χ2n) is 17.0. The van der Waals surface area contributed by atoms with Crippen molar-refractivity contribution in [3.05, 3.63) is 293 Å². The number of fused-ring (bicyclic) bond motifs is 5. The highest BCUT2D eigenvalue weighted by molar-refractivity contribution is 7.17. The van der Waals surface area contributed by atoms with Crippen LogP contribution < -0.4 is 9.47 Å². The predicted molar refractivity (Wildman–Crippen MR) is 429 cm³/mol. The molecule has 0 saturated carbocycles. The summed E-state index contributed by atoms with van der Waals surface area (Å²) in [5, 5.41) is 13.6. The zero-order valence-corrected chi connectivity index (χ0v) is 64.3. The summed E-state index contributed by atoms with van der Waals surface area (Å²) in [6.45, 7) is 36.8. The molecule has 522 valence electrons. The topological polar surface area (TPSA) is 139 Å². The van der Waals surface area contributed by atoms with Crippen molar-refractivity contribution >= 4 is 76.8 Å². The van der Waals surface area contributed by atoms with Crippen molar-refractivity contribution in [3.8, 4) is 11.5 Å². The molecule has 1 aliphatic heterocycles. The van der Waals surface area contributed by atoms with Gasteiger partial charge in [-0.05, 0) is 120 Å². The normalized spacial score (nSPS) is 8.73. The quantitative estimate of drug-likeness (QED) is 0.119. The van der Waals surface area contributed by atoms with Crippen LogP contribution in [-0.2, 0) is 9.47 Å². The Hall–Kier alpha value is -8.89. The first-order valence-electron chi connectivity index (χ1n) is 33.0. The largest absolute Gasteiger partial charge is 0.454 e. The SMILES string of the molecule is CC.CC.CC.CC.CC.CC.CC.COC.COC.Cc1c[nH]c2ccccc12.Cc1c[nH]c2ccccc12.Cc1c[nH]c2ccccc12.Cc1csc2ccccc12.c1c[nH]cn1.c1ccc2c(c1)OCO2.c1ccccc1.c1ccncc1.c1ccsc1.c1cscn1. The summed E-state index contributed by atoms with van der Waals surface area (Å²) in [5.74, 6) is 1.69. The molecule has 0 saturated heterocycles. The third-order valence-electron chi connectivity index (χ3n) is 10.8. The maximum atomic E-state index is 5.08. The molecule has 9 heterocycles. The number of para-hydroxylation sites is 5. The van der Waals surface area contributed by atoms with E-state index in [0.717, 1.165) is 11.5 Å². The predicted octanol–water partition coefficient (Wildman–Crippen LogP) is 25.8. The molecule has 0 spiro atoms. The average molecular weight is 1360 g/mol. The number of aryl methyl sites for hydroxylation is 4. The number of hydrogen-bond donors (Lipinski definition) is 4. The number of ether oxygens (including phenoxy) is 4. The van der Waals surface area contributed by atoms with E-state index in [9.17, 15) is 0 Å². The van der Waals surface area contributed by atoms with E-state index in [1.165, 1.54) is 65.0 Å². The third kappa shape index (κ3) is 45.4. The van der Waals surface area contributed by atoms with Crippen LogP contribution in [0.4, 0.5) is 0 Å². The van der Waals surface area contributed by atoms with Gasteiger partial charge in [-0.2, -0.15) is 11.3 Å². The third-order valence-corrected chi connectivity index (χ3v) is 13.0. The van der Waals surface area contributed by atoms with Gasteiger partial charge in [-0.25, -0.2) is 4.98 Å². The molecule has 4 N–H and O–H groups in total. The van der Waals surface area contributed by atoms with Gasteiger partial charge in [0.05, 0.1) is 11.8 Å². The molecule has 0 bridgehead atoms. The molecule has 0 aliphatic carbocycles. The van der Waals surface area contributed by atoms with Gasteiger partial charge < -0.3 is 38.9 Å². The van der Waals surface area contributed by atoms with Gasteiger partial charge in [0.15, 0.2) is 11.5 Å². The van der Waals surface area contributed by atoms with Crippen LogP contribution in [0, 0.1) is 27.7 Å². The van der Waals surface area contributed by atoms with E-state index in [2.05, 4.69) is 156 Å². The number of H-pyrrole nitrogens is 4. The summed E-state index contributed by atoms with van der Waals surface area (Å²) in [6, 6.07) is 62.8. The van der Waals surface area contributed by atoms with Crippen molar-refractivity contribution in [3.63, 3.8) is 0 Å². The second-order valence-corrected chi connectivity index (χ2v) is 19.5. The van der Waals surface area contributed by atoms with Crippen molar-refractivity contribution in [1.82, 2.24) is 34.9 Å². The lowest BCUT2D eigenvalue weighted by Gasteiger charge is -1.89. The Morgan fingerprint density at radius 1 is 0.354 bits per heavy atom. The zero-order valence-electron chi connectivity index (χ0n) is 61.9. The fraction of sp³-hybridized carbons (Fsp3) is 0.280. The molecule has 96 heavy (non-hydrogen) atoms. The van der Waals surface area contributed by atoms with Crippen molar-refractivity contribution in [2.75, 3.05) is 35.2 Å². The van der Waals surface area contributed by atoms with Crippen LogP contribution >= 0.6 is 34.0 Å². The molecule has 11 nitrogen and oxygen atoms in total. The molecule has 0 atom stereocenters. The Labute approximate surface area is 591 Å². The number of methoxy groups -OCH3 is 2. The van der Waals surface area contributed by atoms with Crippen LogP contribution in [0.25, 0.3) is 42.8 Å². The Morgan fingerprint density at radius 2 is 0.719 bits per heavy atom. The summed E-state index contributed by atoms with van der Waals surface area (Å²) in [4.78, 5) is 23.5. The number of imidazole rings is 1. The van der Waals surface area contributed by atoms with E-state index in [-0.39, 0.29) is 0 Å². The smallest absolute Gasteiger partial charge is 0.231 e. The van der Waals surface area contributed by atoms with E-state index < -0.39 is 0 Å². The zero-order chi connectivity index (χ0) is 72.5. The Bertz CT molecular complexity index is 3130. The van der Waals surface area contributed by atoms with Gasteiger partial charge in [0.1, 0.15) is 0 Å². The summed E-state index contributed by atoms with van der Waals surface area (Å²) >= 11 is 5.13. The minimum absolute atomic E-state index is 0.360. The minimum atomic E-state index is 0.360. The van der Waals surface area contributed by atoms with Gasteiger partial charge >= 0.3 is 0 Å². The van der Waals surface area contributed by atoms with Crippen molar-refractivity contribution < 1.29 is 18.9 Å². The lowest BCUT2D eigenvalue weighted by Crippen LogP contribution is -1.92. The van der Waals surface area contributed by atoms with E-state index in [0.29, 0.717) is 6.79 Å². The maximum absolute atomic E-state index is 5.08. The maximum Gasteiger partial charge on any atom is 0.231 e. The summed E-state index contributed by atoms with van der Waals surface area (Å²) in [7, 11) is 6.50. The molecule has 0 amide bonds. The van der Waals surface area contributed by atoms with Gasteiger partial charge in [-0.3, -0.25) is 9.97 Å². The van der Waals surface area contributed by atoms with Gasteiger partial charge in [0.25, 0.3) is 0 Å². The first-order chi connectivity index (χ1) is 47.3. The molecule has 0 fully saturated rings. The van der Waals surface area contributed by atoms with Gasteiger partial charge in [0.2, 0.25) is 6.79 Å². The minimum Gasteiger partial charge on any atom is -0.454 e. The standard InChI is InChI=1S/3C9H9N.C9H8S.C7H6O2.C6H6.C5H5N.C4H4S.C3H4N2.C3H3NS.2C2H6O.7C2H6/c4*1-7-6-10-9-5-3-2-4-8(7)9;1-2-4-7-6(3-1)8-5-9-7;2*1-2-4-6-5-3-1;1-2-4-5-3-1;2*1-2-5-3-4-1;2*1-3-2;7*1-2/h3*2-6,10H,1H3;2-6H,1H3;1-4H,5H2;1-6H;1-5H;1-4H;1-3H,(H,4,5);1-3H;2*1-2H3;7*1-2H3. The van der Waals surface area contributed by atoms with Gasteiger partial charge in [-0.1, -0.05) is 236 Å². The van der Waals surface area contributed by atoms with E-state index in [1.807, 2.05) is 252 Å². The number of nitrogens with zero attached hydrogens (tertiary/aromatic N) is 3. The van der Waals surface area contributed by atoms with Crippen molar-refractivity contribution in [2.24, 2.45) is 0 Å². The van der Waals surface area contributed by atoms with Crippen LogP contribution in [0.5, 0.6) is 11.5 Å². The van der Waals surface area contributed by atoms with Crippen LogP contribution in [0.15, 0.2) is 271 Å². The van der Waals surface area contributed by atoms with E-state index in [1.54, 1.807) is 93.9 Å².